The average Bonchev–Trinajstić information content (AvgIpc) is 2.07. The molecule has 12 heavy (non-hydrogen) atoms. The highest BCUT2D eigenvalue weighted by Crippen LogP contribution is 2.35. The van der Waals surface area contributed by atoms with Crippen molar-refractivity contribution in [2.75, 3.05) is 5.75 Å². The van der Waals surface area contributed by atoms with Crippen LogP contribution in [0, 0.1) is 0 Å². The first-order valence-electron chi connectivity index (χ1n) is 4.07. The molecule has 1 atom stereocenters. The molecule has 64 valence electrons. The molecule has 0 radical (unpaired) electrons. The summed E-state index contributed by atoms with van der Waals surface area (Å²) in [5.41, 5.74) is 1.24. The van der Waals surface area contributed by atoms with Crippen molar-refractivity contribution in [3.63, 3.8) is 0 Å². The predicted octanol–water partition coefficient (Wildman–Crippen LogP) is 1.75. The van der Waals surface area contributed by atoms with E-state index in [-0.39, 0.29) is 5.91 Å². The lowest BCUT2D eigenvalue weighted by atomic mass is 10.2. The molecular formula is C9H11NOS. The van der Waals surface area contributed by atoms with Gasteiger partial charge >= 0.3 is 0 Å². The normalized spacial score (nSPS) is 28.4. The molecule has 1 saturated heterocycles. The SMILES string of the molecule is C/C=C\C1=CN2C(=O)C[C@@H]2SC1. The molecule has 2 rings (SSSR count). The number of hydrogen-bond donors (Lipinski definition) is 0. The van der Waals surface area contributed by atoms with E-state index in [1.54, 1.807) is 0 Å². The fourth-order valence-electron chi connectivity index (χ4n) is 1.41. The highest BCUT2D eigenvalue weighted by atomic mass is 32.2. The summed E-state index contributed by atoms with van der Waals surface area (Å²) >= 11 is 1.85. The van der Waals surface area contributed by atoms with Crippen LogP contribution in [0.4, 0.5) is 0 Å². The van der Waals surface area contributed by atoms with Gasteiger partial charge in [-0.2, -0.15) is 0 Å². The van der Waals surface area contributed by atoms with E-state index in [4.69, 9.17) is 0 Å². The molecule has 0 aromatic heterocycles. The minimum absolute atomic E-state index is 0.259. The van der Waals surface area contributed by atoms with Crippen LogP contribution in [0.3, 0.4) is 0 Å². The molecule has 0 aromatic carbocycles. The Kier molecular flexibility index (Phi) is 1.97. The Morgan fingerprint density at radius 3 is 3.25 bits per heavy atom. The van der Waals surface area contributed by atoms with Crippen molar-refractivity contribution < 1.29 is 4.79 Å². The fraction of sp³-hybridized carbons (Fsp3) is 0.444. The Balaban J connectivity index is 2.13. The summed E-state index contributed by atoms with van der Waals surface area (Å²) in [6, 6.07) is 0. The summed E-state index contributed by atoms with van der Waals surface area (Å²) < 4.78 is 0. The van der Waals surface area contributed by atoms with E-state index in [9.17, 15) is 4.79 Å². The van der Waals surface area contributed by atoms with E-state index < -0.39 is 0 Å². The third-order valence-corrected chi connectivity index (χ3v) is 3.35. The zero-order chi connectivity index (χ0) is 8.55. The monoisotopic (exact) mass is 181 g/mol. The van der Waals surface area contributed by atoms with E-state index in [0.29, 0.717) is 5.37 Å². The quantitative estimate of drug-likeness (QED) is 0.574. The number of hydrogen-bond acceptors (Lipinski definition) is 2. The topological polar surface area (TPSA) is 20.3 Å². The molecule has 0 unspecified atom stereocenters. The number of nitrogens with zero attached hydrogens (tertiary/aromatic N) is 1. The van der Waals surface area contributed by atoms with Gasteiger partial charge in [0.05, 0.1) is 11.8 Å². The van der Waals surface area contributed by atoms with Crippen LogP contribution >= 0.6 is 11.8 Å². The average molecular weight is 181 g/mol. The van der Waals surface area contributed by atoms with Crippen LogP contribution in [0.1, 0.15) is 13.3 Å². The second-order valence-corrected chi connectivity index (χ2v) is 4.14. The van der Waals surface area contributed by atoms with Crippen molar-refractivity contribution >= 4 is 17.7 Å². The molecule has 0 spiro atoms. The molecule has 0 aromatic rings. The molecule has 1 amide bonds. The van der Waals surface area contributed by atoms with Crippen molar-refractivity contribution in [3.05, 3.63) is 23.9 Å². The highest BCUT2D eigenvalue weighted by Gasteiger charge is 2.37. The molecular weight excluding hydrogens is 170 g/mol. The zero-order valence-corrected chi connectivity index (χ0v) is 7.80. The maximum absolute atomic E-state index is 11.1. The Morgan fingerprint density at radius 1 is 1.75 bits per heavy atom. The standard InChI is InChI=1S/C9H11NOS/c1-2-3-7-5-10-8(11)4-9(10)12-6-7/h2-3,5,9H,4,6H2,1H3/b3-2-/t9-/m0/s1. The third kappa shape index (κ3) is 1.18. The minimum Gasteiger partial charge on any atom is -0.306 e. The van der Waals surface area contributed by atoms with Crippen LogP contribution in [0.25, 0.3) is 0 Å². The van der Waals surface area contributed by atoms with Gasteiger partial charge in [-0.1, -0.05) is 12.2 Å². The molecule has 3 heteroatoms. The van der Waals surface area contributed by atoms with Gasteiger partial charge in [-0.3, -0.25) is 4.79 Å². The lowest BCUT2D eigenvalue weighted by Gasteiger charge is -2.40. The van der Waals surface area contributed by atoms with Crippen molar-refractivity contribution in [3.8, 4) is 0 Å². The number of rotatable bonds is 1. The van der Waals surface area contributed by atoms with Crippen LogP contribution in [-0.4, -0.2) is 21.9 Å². The number of thioether (sulfide) groups is 1. The summed E-state index contributed by atoms with van der Waals surface area (Å²) in [6.07, 6.45) is 6.78. The summed E-state index contributed by atoms with van der Waals surface area (Å²) in [7, 11) is 0. The smallest absolute Gasteiger partial charge is 0.230 e. The van der Waals surface area contributed by atoms with Gasteiger partial charge in [0.1, 0.15) is 0 Å². The van der Waals surface area contributed by atoms with Gasteiger partial charge in [0, 0.05) is 12.0 Å². The van der Waals surface area contributed by atoms with Crippen molar-refractivity contribution in [1.29, 1.82) is 0 Å². The van der Waals surface area contributed by atoms with Crippen LogP contribution in [-0.2, 0) is 4.79 Å². The minimum atomic E-state index is 0.259. The number of amides is 1. The summed E-state index contributed by atoms with van der Waals surface area (Å²) in [5.74, 6) is 1.30. The second kappa shape index (κ2) is 2.98. The first kappa shape index (κ1) is 7.92. The highest BCUT2D eigenvalue weighted by molar-refractivity contribution is 8.00. The van der Waals surface area contributed by atoms with Gasteiger partial charge in [-0.25, -0.2) is 0 Å². The predicted molar refractivity (Wildman–Crippen MR) is 50.6 cm³/mol. The van der Waals surface area contributed by atoms with Crippen LogP contribution in [0.15, 0.2) is 23.9 Å². The Morgan fingerprint density at radius 2 is 2.58 bits per heavy atom. The molecule has 2 aliphatic rings. The maximum atomic E-state index is 11.1. The number of β-lactam (4-membered cyclic amide) rings is 1. The van der Waals surface area contributed by atoms with E-state index >= 15 is 0 Å². The fourth-order valence-corrected chi connectivity index (χ4v) is 2.56. The zero-order valence-electron chi connectivity index (χ0n) is 6.99. The number of allylic oxidation sites excluding steroid dienone is 2. The summed E-state index contributed by atoms with van der Waals surface area (Å²) in [5, 5.41) is 0.437. The van der Waals surface area contributed by atoms with Gasteiger partial charge in [0.25, 0.3) is 0 Å². The van der Waals surface area contributed by atoms with Gasteiger partial charge < -0.3 is 4.90 Å². The molecule has 0 aliphatic carbocycles. The largest absolute Gasteiger partial charge is 0.306 e. The van der Waals surface area contributed by atoms with E-state index in [0.717, 1.165) is 12.2 Å². The van der Waals surface area contributed by atoms with Crippen molar-refractivity contribution in [1.82, 2.24) is 4.90 Å². The van der Waals surface area contributed by atoms with Crippen molar-refractivity contribution in [2.24, 2.45) is 0 Å². The maximum Gasteiger partial charge on any atom is 0.230 e. The van der Waals surface area contributed by atoms with Gasteiger partial charge in [0.2, 0.25) is 5.91 Å². The third-order valence-electron chi connectivity index (χ3n) is 2.08. The van der Waals surface area contributed by atoms with Crippen LogP contribution < -0.4 is 0 Å². The van der Waals surface area contributed by atoms with E-state index in [1.165, 1.54) is 5.57 Å². The number of carbonyl (C=O) groups excluding carboxylic acids is 1. The lowest BCUT2D eigenvalue weighted by molar-refractivity contribution is -0.137. The first-order valence-corrected chi connectivity index (χ1v) is 5.12. The second-order valence-electron chi connectivity index (χ2n) is 2.97. The molecule has 2 aliphatic heterocycles. The first-order chi connectivity index (χ1) is 5.81. The molecule has 2 nitrogen and oxygen atoms in total. The van der Waals surface area contributed by atoms with Gasteiger partial charge in [-0.15, -0.1) is 11.8 Å². The van der Waals surface area contributed by atoms with E-state index in [1.807, 2.05) is 35.9 Å². The molecule has 0 N–H and O–H groups in total. The summed E-state index contributed by atoms with van der Waals surface area (Å²) in [6.45, 7) is 2.00. The molecule has 0 saturated carbocycles. The molecule has 1 fully saturated rings. The molecule has 0 bridgehead atoms. The summed E-state index contributed by atoms with van der Waals surface area (Å²) in [4.78, 5) is 12.9. The number of carbonyl (C=O) groups is 1. The Labute approximate surface area is 76.3 Å². The van der Waals surface area contributed by atoms with Crippen LogP contribution in [0.5, 0.6) is 0 Å². The van der Waals surface area contributed by atoms with Crippen LogP contribution in [0.2, 0.25) is 0 Å². The Bertz CT molecular complexity index is 270. The molecule has 2 heterocycles. The van der Waals surface area contributed by atoms with E-state index in [2.05, 4.69) is 6.08 Å². The van der Waals surface area contributed by atoms with Crippen molar-refractivity contribution in [2.45, 2.75) is 18.7 Å². The Hall–Kier alpha value is -0.700. The lowest BCUT2D eigenvalue weighted by Crippen LogP contribution is -2.48. The van der Waals surface area contributed by atoms with Gasteiger partial charge in [-0.05, 0) is 12.5 Å². The van der Waals surface area contributed by atoms with Gasteiger partial charge in [0.15, 0.2) is 0 Å². The number of fused-ring (bicyclic) bond motifs is 1.